The highest BCUT2D eigenvalue weighted by Gasteiger charge is 2.33. The normalized spacial score (nSPS) is 15.8. The molecule has 0 amide bonds. The van der Waals surface area contributed by atoms with Gasteiger partial charge < -0.3 is 10.0 Å². The number of nitrogens with zero attached hydrogens (tertiary/aromatic N) is 2. The Morgan fingerprint density at radius 1 is 1.27 bits per heavy atom. The number of hydrogen-bond donors (Lipinski definition) is 1. The molecular formula is C16H26N2O3S. The van der Waals surface area contributed by atoms with Crippen molar-refractivity contribution < 1.29 is 13.5 Å². The summed E-state index contributed by atoms with van der Waals surface area (Å²) in [6.07, 6.45) is 5.71. The van der Waals surface area contributed by atoms with Crippen molar-refractivity contribution in [2.45, 2.75) is 62.3 Å². The largest absolute Gasteiger partial charge is 0.396 e. The maximum atomic E-state index is 12.4. The molecule has 0 unspecified atom stereocenters. The van der Waals surface area contributed by atoms with Gasteiger partial charge in [-0.15, -0.1) is 0 Å². The second kappa shape index (κ2) is 6.54. The maximum absolute atomic E-state index is 12.4. The molecule has 1 saturated carbocycles. The van der Waals surface area contributed by atoms with E-state index in [-0.39, 0.29) is 11.6 Å². The first-order valence-electron chi connectivity index (χ1n) is 7.85. The van der Waals surface area contributed by atoms with Crippen LogP contribution in [0.1, 0.15) is 46.5 Å². The number of aromatic nitrogens is 1. The number of unbranched alkanes of at least 4 members (excludes halogenated alkanes) is 1. The summed E-state index contributed by atoms with van der Waals surface area (Å²) in [4.78, 5) is 6.47. The fourth-order valence-electron chi connectivity index (χ4n) is 2.32. The van der Waals surface area contributed by atoms with E-state index in [9.17, 15) is 8.42 Å². The lowest BCUT2D eigenvalue weighted by Crippen LogP contribution is -2.29. The summed E-state index contributed by atoms with van der Waals surface area (Å²) in [7, 11) is -3.41. The van der Waals surface area contributed by atoms with Crippen LogP contribution in [-0.2, 0) is 9.84 Å². The molecule has 1 aliphatic rings. The lowest BCUT2D eigenvalue weighted by atomic mass is 10.2. The van der Waals surface area contributed by atoms with E-state index >= 15 is 0 Å². The monoisotopic (exact) mass is 326 g/mol. The number of aliphatic hydroxyl groups excluding tert-OH is 1. The van der Waals surface area contributed by atoms with Crippen LogP contribution in [0.15, 0.2) is 23.4 Å². The van der Waals surface area contributed by atoms with Crippen LogP contribution in [0.2, 0.25) is 0 Å². The van der Waals surface area contributed by atoms with Gasteiger partial charge in [-0.05, 0) is 58.6 Å². The number of anilines is 1. The van der Waals surface area contributed by atoms with Gasteiger partial charge in [0.25, 0.3) is 0 Å². The Kier molecular flexibility index (Phi) is 5.12. The van der Waals surface area contributed by atoms with Gasteiger partial charge >= 0.3 is 0 Å². The lowest BCUT2D eigenvalue weighted by Gasteiger charge is -2.25. The van der Waals surface area contributed by atoms with Gasteiger partial charge in [0, 0.05) is 19.2 Å². The summed E-state index contributed by atoms with van der Waals surface area (Å²) in [5.74, 6) is 0. The predicted octanol–water partition coefficient (Wildman–Crippen LogP) is 2.40. The molecule has 1 fully saturated rings. The Morgan fingerprint density at radius 3 is 2.41 bits per heavy atom. The summed E-state index contributed by atoms with van der Waals surface area (Å²) in [6, 6.07) is 3.99. The zero-order valence-corrected chi connectivity index (χ0v) is 14.4. The number of hydrogen-bond acceptors (Lipinski definition) is 5. The molecule has 0 spiro atoms. The zero-order chi connectivity index (χ0) is 16.4. The van der Waals surface area contributed by atoms with Crippen molar-refractivity contribution in [3.63, 3.8) is 0 Å². The van der Waals surface area contributed by atoms with E-state index in [1.165, 1.54) is 12.8 Å². The molecule has 1 aliphatic carbocycles. The van der Waals surface area contributed by atoms with E-state index < -0.39 is 14.6 Å². The quantitative estimate of drug-likeness (QED) is 0.779. The minimum absolute atomic E-state index is 0.134. The van der Waals surface area contributed by atoms with Crippen molar-refractivity contribution in [2.75, 3.05) is 18.1 Å². The van der Waals surface area contributed by atoms with Gasteiger partial charge in [0.2, 0.25) is 0 Å². The van der Waals surface area contributed by atoms with Crippen LogP contribution in [0, 0.1) is 0 Å². The molecule has 0 aliphatic heterocycles. The van der Waals surface area contributed by atoms with E-state index in [4.69, 9.17) is 5.11 Å². The Morgan fingerprint density at radius 2 is 1.95 bits per heavy atom. The maximum Gasteiger partial charge on any atom is 0.200 e. The van der Waals surface area contributed by atoms with Crippen LogP contribution >= 0.6 is 0 Å². The summed E-state index contributed by atoms with van der Waals surface area (Å²) in [5.41, 5.74) is 0.966. The zero-order valence-electron chi connectivity index (χ0n) is 13.6. The number of sulfone groups is 1. The van der Waals surface area contributed by atoms with Gasteiger partial charge in [0.1, 0.15) is 0 Å². The predicted molar refractivity (Wildman–Crippen MR) is 87.9 cm³/mol. The van der Waals surface area contributed by atoms with Gasteiger partial charge in [-0.3, -0.25) is 0 Å². The third-order valence-corrected chi connectivity index (χ3v) is 6.33. The third-order valence-electron chi connectivity index (χ3n) is 3.93. The van der Waals surface area contributed by atoms with Crippen molar-refractivity contribution in [3.05, 3.63) is 18.3 Å². The average molecular weight is 326 g/mol. The minimum atomic E-state index is -3.41. The van der Waals surface area contributed by atoms with Crippen molar-refractivity contribution in [1.82, 2.24) is 4.98 Å². The molecule has 1 N–H and O–H groups in total. The molecule has 22 heavy (non-hydrogen) atoms. The Labute approximate surface area is 133 Å². The molecule has 0 radical (unpaired) electrons. The highest BCUT2D eigenvalue weighted by Crippen LogP contribution is 2.32. The molecular weight excluding hydrogens is 300 g/mol. The van der Waals surface area contributed by atoms with Gasteiger partial charge in [0.15, 0.2) is 14.9 Å². The fourth-order valence-corrected chi connectivity index (χ4v) is 3.38. The van der Waals surface area contributed by atoms with Crippen LogP contribution in [0.25, 0.3) is 0 Å². The van der Waals surface area contributed by atoms with Crippen LogP contribution < -0.4 is 4.90 Å². The molecule has 124 valence electrons. The SMILES string of the molecule is CC(C)(C)S(=O)(=O)c1ccc(N(CCCCO)C2CC2)cn1. The average Bonchev–Trinajstić information content (AvgIpc) is 3.27. The Hall–Kier alpha value is -1.14. The smallest absolute Gasteiger partial charge is 0.200 e. The highest BCUT2D eigenvalue weighted by atomic mass is 32.2. The first-order valence-corrected chi connectivity index (χ1v) is 9.34. The van der Waals surface area contributed by atoms with Crippen molar-refractivity contribution in [1.29, 1.82) is 0 Å². The molecule has 0 atom stereocenters. The number of rotatable bonds is 7. The minimum Gasteiger partial charge on any atom is -0.396 e. The van der Waals surface area contributed by atoms with Gasteiger partial charge in [-0.1, -0.05) is 0 Å². The van der Waals surface area contributed by atoms with Crippen LogP contribution in [0.3, 0.4) is 0 Å². The van der Waals surface area contributed by atoms with Crippen molar-refractivity contribution in [2.24, 2.45) is 0 Å². The van der Waals surface area contributed by atoms with E-state index in [1.54, 1.807) is 33.0 Å². The second-order valence-corrected chi connectivity index (χ2v) is 9.48. The van der Waals surface area contributed by atoms with Crippen LogP contribution in [-0.4, -0.2) is 42.4 Å². The number of aliphatic hydroxyl groups is 1. The molecule has 1 aromatic rings. The highest BCUT2D eigenvalue weighted by molar-refractivity contribution is 7.92. The molecule has 0 bridgehead atoms. The van der Waals surface area contributed by atoms with E-state index in [1.807, 2.05) is 6.07 Å². The molecule has 6 heteroatoms. The third kappa shape index (κ3) is 3.79. The Bertz CT molecular complexity index is 587. The van der Waals surface area contributed by atoms with E-state index in [0.29, 0.717) is 6.04 Å². The summed E-state index contributed by atoms with van der Waals surface area (Å²) in [5, 5.41) is 9.04. The summed E-state index contributed by atoms with van der Waals surface area (Å²) in [6.45, 7) is 6.13. The van der Waals surface area contributed by atoms with Gasteiger partial charge in [-0.25, -0.2) is 13.4 Å². The standard InChI is InChI=1S/C16H26N2O3S/c1-16(2,3)22(20,21)15-9-8-14(12-17-15)18(13-6-7-13)10-4-5-11-19/h8-9,12-13,19H,4-7,10-11H2,1-3H3. The van der Waals surface area contributed by atoms with Gasteiger partial charge in [-0.2, -0.15) is 0 Å². The number of pyridine rings is 1. The molecule has 0 saturated heterocycles. The fraction of sp³-hybridized carbons (Fsp3) is 0.688. The van der Waals surface area contributed by atoms with Crippen LogP contribution in [0.5, 0.6) is 0 Å². The summed E-state index contributed by atoms with van der Waals surface area (Å²) < 4.78 is 23.9. The molecule has 1 heterocycles. The van der Waals surface area contributed by atoms with E-state index in [2.05, 4.69) is 9.88 Å². The van der Waals surface area contributed by atoms with Crippen LogP contribution in [0.4, 0.5) is 5.69 Å². The van der Waals surface area contributed by atoms with Gasteiger partial charge in [0.05, 0.1) is 16.6 Å². The molecule has 1 aromatic heterocycles. The van der Waals surface area contributed by atoms with Crippen molar-refractivity contribution >= 4 is 15.5 Å². The molecule has 2 rings (SSSR count). The topological polar surface area (TPSA) is 70.5 Å². The molecule has 5 nitrogen and oxygen atoms in total. The Balaban J connectivity index is 2.16. The molecule has 0 aromatic carbocycles. The first-order chi connectivity index (χ1) is 10.3. The lowest BCUT2D eigenvalue weighted by molar-refractivity contribution is 0.285. The summed E-state index contributed by atoms with van der Waals surface area (Å²) >= 11 is 0. The van der Waals surface area contributed by atoms with E-state index in [0.717, 1.165) is 25.1 Å². The first kappa shape index (κ1) is 17.2. The second-order valence-electron chi connectivity index (χ2n) is 6.83. The van der Waals surface area contributed by atoms with Crippen molar-refractivity contribution in [3.8, 4) is 0 Å².